The molecule has 0 fully saturated rings. The van der Waals surface area contributed by atoms with Gasteiger partial charge in [0, 0.05) is 20.7 Å². The van der Waals surface area contributed by atoms with E-state index in [-0.39, 0.29) is 12.5 Å². The molecule has 1 amide bonds. The number of ether oxygens (including phenoxy) is 2. The minimum Gasteiger partial charge on any atom is -0.482 e. The van der Waals surface area contributed by atoms with E-state index in [9.17, 15) is 9.59 Å². The maximum absolute atomic E-state index is 11.7. The minimum absolute atomic E-state index is 0.0121. The molecule has 0 saturated heterocycles. The van der Waals surface area contributed by atoms with Crippen LogP contribution in [-0.4, -0.2) is 49.3 Å². The number of aliphatic carboxylic acids is 1. The number of carbonyl (C=O) groups is 2. The van der Waals surface area contributed by atoms with Crippen molar-refractivity contribution in [2.75, 3.05) is 27.4 Å². The third-order valence-electron chi connectivity index (χ3n) is 2.65. The molecule has 0 heterocycles. The van der Waals surface area contributed by atoms with E-state index in [0.717, 1.165) is 5.56 Å². The van der Waals surface area contributed by atoms with Gasteiger partial charge in [-0.15, -0.1) is 0 Å². The van der Waals surface area contributed by atoms with Gasteiger partial charge in [-0.2, -0.15) is 0 Å². The van der Waals surface area contributed by atoms with Crippen LogP contribution in [0.4, 0.5) is 0 Å². The van der Waals surface area contributed by atoms with E-state index >= 15 is 0 Å². The Morgan fingerprint density at radius 3 is 2.45 bits per heavy atom. The summed E-state index contributed by atoms with van der Waals surface area (Å²) in [5.41, 5.74) is 0.945. The van der Waals surface area contributed by atoms with Crippen LogP contribution in [0.25, 0.3) is 0 Å². The minimum atomic E-state index is -1.02. The van der Waals surface area contributed by atoms with E-state index in [2.05, 4.69) is 0 Å². The number of rotatable bonds is 8. The van der Waals surface area contributed by atoms with Gasteiger partial charge in [-0.1, -0.05) is 12.1 Å². The Balaban J connectivity index is 2.48. The lowest BCUT2D eigenvalue weighted by Gasteiger charge is -2.17. The van der Waals surface area contributed by atoms with Crippen LogP contribution in [0.3, 0.4) is 0 Å². The zero-order valence-corrected chi connectivity index (χ0v) is 11.7. The average molecular weight is 281 g/mol. The van der Waals surface area contributed by atoms with Crippen molar-refractivity contribution in [3.05, 3.63) is 29.8 Å². The van der Waals surface area contributed by atoms with Crippen LogP contribution in [-0.2, 0) is 20.9 Å². The van der Waals surface area contributed by atoms with Crippen molar-refractivity contribution in [2.24, 2.45) is 0 Å². The molecule has 1 aromatic carbocycles. The maximum Gasteiger partial charge on any atom is 0.341 e. The number of carboxylic acids is 1. The molecule has 1 aromatic rings. The fourth-order valence-corrected chi connectivity index (χ4v) is 1.58. The predicted octanol–water partition coefficient (Wildman–Crippen LogP) is 1.14. The molecule has 0 aliphatic carbocycles. The van der Waals surface area contributed by atoms with E-state index < -0.39 is 5.97 Å². The number of hydrogen-bond donors (Lipinski definition) is 1. The summed E-state index contributed by atoms with van der Waals surface area (Å²) in [7, 11) is 3.29. The fraction of sp³-hybridized carbons (Fsp3) is 0.429. The molecule has 6 heteroatoms. The third-order valence-corrected chi connectivity index (χ3v) is 2.65. The largest absolute Gasteiger partial charge is 0.482 e. The maximum atomic E-state index is 11.7. The summed E-state index contributed by atoms with van der Waals surface area (Å²) in [4.78, 5) is 23.7. The molecular weight excluding hydrogens is 262 g/mol. The van der Waals surface area contributed by atoms with Crippen molar-refractivity contribution in [1.29, 1.82) is 0 Å². The molecule has 110 valence electrons. The lowest BCUT2D eigenvalue weighted by molar-refractivity contribution is -0.139. The van der Waals surface area contributed by atoms with Crippen LogP contribution in [0.1, 0.15) is 12.0 Å². The van der Waals surface area contributed by atoms with E-state index in [1.807, 2.05) is 0 Å². The molecule has 0 saturated carbocycles. The molecule has 0 bridgehead atoms. The first-order valence-electron chi connectivity index (χ1n) is 6.19. The molecular formula is C14H19NO5. The lowest BCUT2D eigenvalue weighted by Crippen LogP contribution is -2.26. The van der Waals surface area contributed by atoms with Gasteiger partial charge < -0.3 is 19.5 Å². The van der Waals surface area contributed by atoms with E-state index in [4.69, 9.17) is 14.6 Å². The SMILES string of the molecule is COCCC(=O)N(C)Cc1ccc(OCC(=O)O)cc1. The van der Waals surface area contributed by atoms with Crippen LogP contribution < -0.4 is 4.74 Å². The Labute approximate surface area is 117 Å². The first-order valence-corrected chi connectivity index (χ1v) is 6.19. The summed E-state index contributed by atoms with van der Waals surface area (Å²) in [6, 6.07) is 6.98. The number of carbonyl (C=O) groups excluding carboxylic acids is 1. The highest BCUT2D eigenvalue weighted by atomic mass is 16.5. The number of hydrogen-bond acceptors (Lipinski definition) is 4. The smallest absolute Gasteiger partial charge is 0.341 e. The second-order valence-corrected chi connectivity index (χ2v) is 4.32. The highest BCUT2D eigenvalue weighted by Gasteiger charge is 2.09. The van der Waals surface area contributed by atoms with Crippen molar-refractivity contribution in [2.45, 2.75) is 13.0 Å². The number of carboxylic acid groups (broad SMARTS) is 1. The number of benzene rings is 1. The molecule has 0 aromatic heterocycles. The van der Waals surface area contributed by atoms with Gasteiger partial charge in [-0.3, -0.25) is 4.79 Å². The quantitative estimate of drug-likeness (QED) is 0.773. The standard InChI is InChI=1S/C14H19NO5/c1-15(13(16)7-8-19-2)9-11-3-5-12(6-4-11)20-10-14(17)18/h3-6H,7-10H2,1-2H3,(H,17,18). The number of methoxy groups -OCH3 is 1. The molecule has 20 heavy (non-hydrogen) atoms. The van der Waals surface area contributed by atoms with E-state index in [1.54, 1.807) is 43.3 Å². The first-order chi connectivity index (χ1) is 9.52. The predicted molar refractivity (Wildman–Crippen MR) is 72.5 cm³/mol. The van der Waals surface area contributed by atoms with Crippen LogP contribution >= 0.6 is 0 Å². The van der Waals surface area contributed by atoms with Gasteiger partial charge in [0.1, 0.15) is 5.75 Å². The van der Waals surface area contributed by atoms with Gasteiger partial charge in [0.05, 0.1) is 13.0 Å². The summed E-state index contributed by atoms with van der Waals surface area (Å²) >= 11 is 0. The van der Waals surface area contributed by atoms with Crippen LogP contribution in [0, 0.1) is 0 Å². The zero-order chi connectivity index (χ0) is 15.0. The summed E-state index contributed by atoms with van der Waals surface area (Å²) in [6.07, 6.45) is 0.354. The van der Waals surface area contributed by atoms with Gasteiger partial charge in [0.15, 0.2) is 6.61 Å². The Hall–Kier alpha value is -2.08. The van der Waals surface area contributed by atoms with Crippen molar-refractivity contribution in [1.82, 2.24) is 4.90 Å². The molecule has 6 nitrogen and oxygen atoms in total. The fourth-order valence-electron chi connectivity index (χ4n) is 1.58. The molecule has 1 N–H and O–H groups in total. The second-order valence-electron chi connectivity index (χ2n) is 4.32. The molecule has 1 rings (SSSR count). The number of nitrogens with zero attached hydrogens (tertiary/aromatic N) is 1. The lowest BCUT2D eigenvalue weighted by atomic mass is 10.2. The summed E-state index contributed by atoms with van der Waals surface area (Å²) in [6.45, 7) is 0.529. The van der Waals surface area contributed by atoms with Gasteiger partial charge >= 0.3 is 5.97 Å². The normalized spacial score (nSPS) is 10.1. The topological polar surface area (TPSA) is 76.1 Å². The van der Waals surface area contributed by atoms with E-state index in [1.165, 1.54) is 0 Å². The van der Waals surface area contributed by atoms with Gasteiger partial charge in [0.25, 0.3) is 0 Å². The van der Waals surface area contributed by atoms with Gasteiger partial charge in [-0.05, 0) is 17.7 Å². The van der Waals surface area contributed by atoms with Crippen molar-refractivity contribution in [3.8, 4) is 5.75 Å². The van der Waals surface area contributed by atoms with Gasteiger partial charge in [0.2, 0.25) is 5.91 Å². The second kappa shape index (κ2) is 8.16. The Morgan fingerprint density at radius 1 is 1.25 bits per heavy atom. The molecule has 0 aliphatic heterocycles. The number of amides is 1. The van der Waals surface area contributed by atoms with Crippen molar-refractivity contribution < 1.29 is 24.2 Å². The summed E-state index contributed by atoms with van der Waals surface area (Å²) in [5, 5.41) is 8.50. The molecule has 0 radical (unpaired) electrons. The zero-order valence-electron chi connectivity index (χ0n) is 11.7. The Kier molecular flexibility index (Phi) is 6.52. The Bertz CT molecular complexity index is 443. The van der Waals surface area contributed by atoms with E-state index in [0.29, 0.717) is 25.3 Å². The molecule has 0 aliphatic rings. The van der Waals surface area contributed by atoms with Crippen molar-refractivity contribution in [3.63, 3.8) is 0 Å². The average Bonchev–Trinajstić information content (AvgIpc) is 2.43. The summed E-state index contributed by atoms with van der Waals surface area (Å²) < 4.78 is 9.89. The summed E-state index contributed by atoms with van der Waals surface area (Å²) in [5.74, 6) is -0.514. The molecule has 0 atom stereocenters. The van der Waals surface area contributed by atoms with Crippen LogP contribution in [0.2, 0.25) is 0 Å². The van der Waals surface area contributed by atoms with Gasteiger partial charge in [-0.25, -0.2) is 4.79 Å². The monoisotopic (exact) mass is 281 g/mol. The first kappa shape index (κ1) is 16.0. The highest BCUT2D eigenvalue weighted by molar-refractivity contribution is 5.75. The highest BCUT2D eigenvalue weighted by Crippen LogP contribution is 2.13. The Morgan fingerprint density at radius 2 is 1.90 bits per heavy atom. The third kappa shape index (κ3) is 5.71. The molecule has 0 unspecified atom stereocenters. The molecule has 0 spiro atoms. The van der Waals surface area contributed by atoms with Crippen LogP contribution in [0.5, 0.6) is 5.75 Å². The van der Waals surface area contributed by atoms with Crippen molar-refractivity contribution >= 4 is 11.9 Å². The van der Waals surface area contributed by atoms with Crippen LogP contribution in [0.15, 0.2) is 24.3 Å².